The van der Waals surface area contributed by atoms with Gasteiger partial charge in [0.05, 0.1) is 5.69 Å². The Hall–Kier alpha value is -1.27. The van der Waals surface area contributed by atoms with Crippen LogP contribution < -0.4 is 0 Å². The molecule has 16 heavy (non-hydrogen) atoms. The molecule has 0 aliphatic carbocycles. The highest BCUT2D eigenvalue weighted by Gasteiger charge is 2.07. The quantitative estimate of drug-likeness (QED) is 0.852. The molecule has 0 unspecified atom stereocenters. The highest BCUT2D eigenvalue weighted by Crippen LogP contribution is 2.27. The molecule has 0 aliphatic rings. The number of hydrogen-bond acceptors (Lipinski definition) is 4. The fraction of sp³-hybridized carbons (Fsp3) is 0.200. The Labute approximate surface area is 101 Å². The number of hydrogen-bond donors (Lipinski definition) is 1. The van der Waals surface area contributed by atoms with Crippen LogP contribution in [0.3, 0.4) is 0 Å². The number of rotatable bonds is 4. The summed E-state index contributed by atoms with van der Waals surface area (Å²) in [4.78, 5) is 12.0. The summed E-state index contributed by atoms with van der Waals surface area (Å²) in [6, 6.07) is 3.65. The summed E-state index contributed by atoms with van der Waals surface area (Å²) in [7, 11) is 1.88. The average molecular weight is 254 g/mol. The molecule has 0 bridgehead atoms. The van der Waals surface area contributed by atoms with Gasteiger partial charge in [0, 0.05) is 29.3 Å². The van der Waals surface area contributed by atoms with Gasteiger partial charge in [-0.1, -0.05) is 0 Å². The second-order valence-corrected chi connectivity index (χ2v) is 5.18. The van der Waals surface area contributed by atoms with E-state index in [0.29, 0.717) is 4.88 Å². The maximum Gasteiger partial charge on any atom is 0.345 e. The number of thioether (sulfide) groups is 1. The Bertz CT molecular complexity index is 504. The van der Waals surface area contributed by atoms with Crippen molar-refractivity contribution in [2.75, 3.05) is 0 Å². The van der Waals surface area contributed by atoms with Crippen LogP contribution in [-0.2, 0) is 12.8 Å². The summed E-state index contributed by atoms with van der Waals surface area (Å²) in [6.45, 7) is 0. The summed E-state index contributed by atoms with van der Waals surface area (Å²) >= 11 is 2.85. The maximum atomic E-state index is 10.7. The van der Waals surface area contributed by atoms with Crippen molar-refractivity contribution in [1.82, 2.24) is 9.78 Å². The lowest BCUT2D eigenvalue weighted by Gasteiger charge is -1.94. The van der Waals surface area contributed by atoms with E-state index in [-0.39, 0.29) is 0 Å². The Morgan fingerprint density at radius 1 is 1.69 bits per heavy atom. The molecule has 2 heterocycles. The van der Waals surface area contributed by atoms with Crippen LogP contribution in [0.25, 0.3) is 0 Å². The van der Waals surface area contributed by atoms with E-state index in [4.69, 9.17) is 5.11 Å². The zero-order chi connectivity index (χ0) is 11.5. The molecule has 0 aromatic carbocycles. The van der Waals surface area contributed by atoms with E-state index in [1.807, 2.05) is 24.7 Å². The van der Waals surface area contributed by atoms with Crippen LogP contribution in [0.2, 0.25) is 0 Å². The molecule has 84 valence electrons. The number of nitrogens with zero attached hydrogens (tertiary/aromatic N) is 2. The molecule has 2 aromatic heterocycles. The Morgan fingerprint density at radius 2 is 2.50 bits per heavy atom. The lowest BCUT2D eigenvalue weighted by molar-refractivity contribution is 0.0702. The minimum Gasteiger partial charge on any atom is -0.477 e. The number of carboxylic acid groups (broad SMARTS) is 1. The van der Waals surface area contributed by atoms with Gasteiger partial charge in [-0.2, -0.15) is 5.10 Å². The van der Waals surface area contributed by atoms with E-state index in [2.05, 4.69) is 5.10 Å². The Balaban J connectivity index is 1.97. The van der Waals surface area contributed by atoms with Crippen molar-refractivity contribution in [2.24, 2.45) is 7.05 Å². The van der Waals surface area contributed by atoms with Gasteiger partial charge in [0.15, 0.2) is 0 Å². The molecule has 2 rings (SSSR count). The largest absolute Gasteiger partial charge is 0.477 e. The third-order valence-electron chi connectivity index (χ3n) is 1.94. The standard InChI is InChI=1S/C10H10N2O2S2/c1-12-3-2-7(11-12)5-15-8-4-9(10(13)14)16-6-8/h2-4,6H,5H2,1H3,(H,13,14). The van der Waals surface area contributed by atoms with Crippen molar-refractivity contribution < 1.29 is 9.90 Å². The summed E-state index contributed by atoms with van der Waals surface area (Å²) in [5.74, 6) is -0.105. The van der Waals surface area contributed by atoms with Gasteiger partial charge in [-0.25, -0.2) is 4.79 Å². The second kappa shape index (κ2) is 4.71. The second-order valence-electron chi connectivity index (χ2n) is 3.22. The van der Waals surface area contributed by atoms with E-state index in [0.717, 1.165) is 16.3 Å². The number of aromatic nitrogens is 2. The van der Waals surface area contributed by atoms with Gasteiger partial charge in [0.25, 0.3) is 0 Å². The molecule has 0 amide bonds. The first-order valence-electron chi connectivity index (χ1n) is 4.58. The molecule has 0 atom stereocenters. The van der Waals surface area contributed by atoms with Crippen LogP contribution in [0, 0.1) is 0 Å². The topological polar surface area (TPSA) is 55.1 Å². The summed E-state index contributed by atoms with van der Waals surface area (Å²) < 4.78 is 1.76. The SMILES string of the molecule is Cn1ccc(CSc2csc(C(=O)O)c2)n1. The van der Waals surface area contributed by atoms with Gasteiger partial charge < -0.3 is 5.11 Å². The lowest BCUT2D eigenvalue weighted by atomic mass is 10.5. The molecule has 2 aromatic rings. The molecule has 6 heteroatoms. The average Bonchev–Trinajstić information content (AvgIpc) is 2.83. The zero-order valence-electron chi connectivity index (χ0n) is 8.58. The van der Waals surface area contributed by atoms with Crippen LogP contribution in [0.5, 0.6) is 0 Å². The minimum atomic E-state index is -0.866. The number of aryl methyl sites for hydroxylation is 1. The smallest absolute Gasteiger partial charge is 0.345 e. The van der Waals surface area contributed by atoms with Crippen molar-refractivity contribution in [3.8, 4) is 0 Å². The van der Waals surface area contributed by atoms with Crippen molar-refractivity contribution in [1.29, 1.82) is 0 Å². The molecule has 1 N–H and O–H groups in total. The van der Waals surface area contributed by atoms with Crippen LogP contribution in [-0.4, -0.2) is 20.9 Å². The van der Waals surface area contributed by atoms with Crippen LogP contribution in [0.1, 0.15) is 15.4 Å². The summed E-state index contributed by atoms with van der Waals surface area (Å²) in [5.41, 5.74) is 0.996. The number of carbonyl (C=O) groups is 1. The van der Waals surface area contributed by atoms with E-state index in [1.54, 1.807) is 22.5 Å². The fourth-order valence-corrected chi connectivity index (χ4v) is 2.97. The van der Waals surface area contributed by atoms with Crippen LogP contribution >= 0.6 is 23.1 Å². The summed E-state index contributed by atoms with van der Waals surface area (Å²) in [6.07, 6.45) is 1.90. The highest BCUT2D eigenvalue weighted by molar-refractivity contribution is 7.98. The predicted octanol–water partition coefficient (Wildman–Crippen LogP) is 2.47. The van der Waals surface area contributed by atoms with Crippen molar-refractivity contribution in [3.05, 3.63) is 34.3 Å². The highest BCUT2D eigenvalue weighted by atomic mass is 32.2. The zero-order valence-corrected chi connectivity index (χ0v) is 10.2. The first-order valence-corrected chi connectivity index (χ1v) is 6.45. The molecule has 0 fully saturated rings. The maximum absolute atomic E-state index is 10.7. The van der Waals surface area contributed by atoms with E-state index in [9.17, 15) is 4.79 Å². The van der Waals surface area contributed by atoms with E-state index < -0.39 is 5.97 Å². The fourth-order valence-electron chi connectivity index (χ4n) is 1.20. The van der Waals surface area contributed by atoms with E-state index in [1.165, 1.54) is 11.3 Å². The molecule has 4 nitrogen and oxygen atoms in total. The Morgan fingerprint density at radius 3 is 3.06 bits per heavy atom. The molecular weight excluding hydrogens is 244 g/mol. The molecule has 0 saturated heterocycles. The minimum absolute atomic E-state index is 0.378. The molecular formula is C10H10N2O2S2. The van der Waals surface area contributed by atoms with Gasteiger partial charge >= 0.3 is 5.97 Å². The summed E-state index contributed by atoms with van der Waals surface area (Å²) in [5, 5.41) is 14.9. The monoisotopic (exact) mass is 254 g/mol. The third kappa shape index (κ3) is 2.65. The van der Waals surface area contributed by atoms with Crippen LogP contribution in [0.15, 0.2) is 28.6 Å². The number of thiophene rings is 1. The van der Waals surface area contributed by atoms with E-state index >= 15 is 0 Å². The number of aromatic carboxylic acids is 1. The first-order chi connectivity index (χ1) is 7.65. The van der Waals surface area contributed by atoms with Crippen molar-refractivity contribution >= 4 is 29.1 Å². The van der Waals surface area contributed by atoms with Crippen molar-refractivity contribution in [2.45, 2.75) is 10.6 Å². The lowest BCUT2D eigenvalue weighted by Crippen LogP contribution is -1.90. The number of carboxylic acids is 1. The van der Waals surface area contributed by atoms with Gasteiger partial charge in [0.2, 0.25) is 0 Å². The normalized spacial score (nSPS) is 10.6. The molecule has 0 radical (unpaired) electrons. The van der Waals surface area contributed by atoms with Gasteiger partial charge in [-0.05, 0) is 12.1 Å². The van der Waals surface area contributed by atoms with Crippen molar-refractivity contribution in [3.63, 3.8) is 0 Å². The van der Waals surface area contributed by atoms with Crippen LogP contribution in [0.4, 0.5) is 0 Å². The third-order valence-corrected chi connectivity index (χ3v) is 4.02. The first kappa shape index (κ1) is 11.2. The van der Waals surface area contributed by atoms with Gasteiger partial charge in [0.1, 0.15) is 4.88 Å². The predicted molar refractivity (Wildman–Crippen MR) is 64.0 cm³/mol. The van der Waals surface area contributed by atoms with Gasteiger partial charge in [-0.3, -0.25) is 4.68 Å². The molecule has 0 saturated carbocycles. The molecule has 0 aliphatic heterocycles. The Kier molecular flexibility index (Phi) is 3.31. The van der Waals surface area contributed by atoms with Gasteiger partial charge in [-0.15, -0.1) is 23.1 Å². The molecule has 0 spiro atoms.